The molecule has 0 saturated carbocycles. The maximum Gasteiger partial charge on any atom is 0.333 e. The lowest BCUT2D eigenvalue weighted by Crippen LogP contribution is -2.44. The van der Waals surface area contributed by atoms with Gasteiger partial charge in [-0.3, -0.25) is 14.6 Å². The van der Waals surface area contributed by atoms with Crippen LogP contribution in [0.4, 0.5) is 4.79 Å². The van der Waals surface area contributed by atoms with E-state index in [2.05, 4.69) is 13.2 Å². The third kappa shape index (κ3) is 3.83. The Morgan fingerprint density at radius 3 is 2.33 bits per heavy atom. The van der Waals surface area contributed by atoms with E-state index in [4.69, 9.17) is 0 Å². The summed E-state index contributed by atoms with van der Waals surface area (Å²) in [6.07, 6.45) is 4.72. The summed E-state index contributed by atoms with van der Waals surface area (Å²) in [5, 5.41) is 0. The summed E-state index contributed by atoms with van der Waals surface area (Å²) in [5.74, 6) is 1.54. The van der Waals surface area contributed by atoms with Gasteiger partial charge in [-0.05, 0) is 6.42 Å². The van der Waals surface area contributed by atoms with E-state index < -0.39 is 6.03 Å². The second kappa shape index (κ2) is 8.07. The highest BCUT2D eigenvalue weighted by atomic mass is 16.2. The van der Waals surface area contributed by atoms with Crippen LogP contribution in [0, 0.1) is 0 Å². The number of nitrogens with zero attached hydrogens (tertiary/aromatic N) is 3. The molecule has 1 aliphatic rings. The van der Waals surface area contributed by atoms with Crippen LogP contribution in [-0.4, -0.2) is 58.8 Å². The van der Waals surface area contributed by atoms with Crippen LogP contribution in [0.3, 0.4) is 0 Å². The fourth-order valence-corrected chi connectivity index (χ4v) is 2.09. The zero-order chi connectivity index (χ0) is 15.8. The maximum absolute atomic E-state index is 12.4. The van der Waals surface area contributed by atoms with E-state index in [1.807, 2.05) is 6.92 Å². The molecule has 0 aromatic heterocycles. The molecule has 0 unspecified atom stereocenters. The van der Waals surface area contributed by atoms with Crippen molar-refractivity contribution in [3.63, 3.8) is 0 Å². The van der Waals surface area contributed by atoms with E-state index in [0.717, 1.165) is 17.7 Å². The minimum Gasteiger partial charge on any atom is -0.339 e. The second-order valence-corrected chi connectivity index (χ2v) is 4.68. The first-order valence-corrected chi connectivity index (χ1v) is 6.94. The van der Waals surface area contributed by atoms with Crippen LogP contribution in [0.15, 0.2) is 31.1 Å². The Morgan fingerprint density at radius 1 is 1.19 bits per heavy atom. The van der Waals surface area contributed by atoms with Crippen LogP contribution in [0.1, 0.15) is 19.8 Å². The first-order chi connectivity index (χ1) is 10.1. The average Bonchev–Trinajstić information content (AvgIpc) is 2.56. The summed E-state index contributed by atoms with van der Waals surface area (Å²) in [7, 11) is 0. The molecule has 0 bridgehead atoms. The summed E-state index contributed by atoms with van der Waals surface area (Å²) in [5.41, 5.74) is 0. The molecule has 6 nitrogen and oxygen atoms in total. The molecular weight excluding hydrogens is 270 g/mol. The Balaban J connectivity index is 3.19. The zero-order valence-electron chi connectivity index (χ0n) is 12.4. The quantitative estimate of drug-likeness (QED) is 0.525. The molecule has 1 saturated heterocycles. The van der Waals surface area contributed by atoms with Crippen molar-refractivity contribution in [2.24, 2.45) is 0 Å². The van der Waals surface area contributed by atoms with Gasteiger partial charge in [-0.15, -0.1) is 13.2 Å². The number of urea groups is 1. The van der Waals surface area contributed by atoms with Crippen molar-refractivity contribution in [2.75, 3.05) is 26.2 Å². The van der Waals surface area contributed by atoms with E-state index in [9.17, 15) is 14.4 Å². The maximum atomic E-state index is 12.4. The summed E-state index contributed by atoms with van der Waals surface area (Å²) in [4.78, 5) is 39.9. The molecule has 3 amide bonds. The van der Waals surface area contributed by atoms with E-state index in [1.165, 1.54) is 17.1 Å². The van der Waals surface area contributed by atoms with Crippen molar-refractivity contribution in [3.05, 3.63) is 31.1 Å². The monoisotopic (exact) mass is 291 g/mol. The van der Waals surface area contributed by atoms with Crippen LogP contribution in [-0.2, 0) is 9.59 Å². The molecule has 0 radical (unpaired) electrons. The molecule has 21 heavy (non-hydrogen) atoms. The van der Waals surface area contributed by atoms with Crippen molar-refractivity contribution in [1.29, 1.82) is 0 Å². The van der Waals surface area contributed by atoms with Crippen molar-refractivity contribution in [2.45, 2.75) is 19.8 Å². The molecule has 1 aliphatic heterocycles. The summed E-state index contributed by atoms with van der Waals surface area (Å²) in [6.45, 7) is 9.92. The highest BCUT2D eigenvalue weighted by Gasteiger charge is 2.35. The van der Waals surface area contributed by atoms with Crippen molar-refractivity contribution < 1.29 is 14.4 Å². The molecule has 1 heterocycles. The standard InChI is InChI=1S/C15H21N3O3/c1-4-7-10-16-11-14(20)18(9-6-3)15(21)17(8-5-2)13(16)12-19/h5-6H,2-4,7-11H2,1H3. The van der Waals surface area contributed by atoms with Gasteiger partial charge >= 0.3 is 6.03 Å². The fourth-order valence-electron chi connectivity index (χ4n) is 2.09. The van der Waals surface area contributed by atoms with Crippen molar-refractivity contribution >= 4 is 17.9 Å². The van der Waals surface area contributed by atoms with Gasteiger partial charge in [0.1, 0.15) is 0 Å². The van der Waals surface area contributed by atoms with E-state index in [0.29, 0.717) is 6.54 Å². The SMILES string of the molecule is C=CCN1C(=O)CN(CCCC)C(=C=O)N(CC=C)C1=O. The minimum absolute atomic E-state index is 0.0161. The Labute approximate surface area is 125 Å². The fraction of sp³-hybridized carbons (Fsp3) is 0.467. The minimum atomic E-state index is -0.544. The highest BCUT2D eigenvalue weighted by molar-refractivity contribution is 5.98. The van der Waals surface area contributed by atoms with Crippen LogP contribution in [0.5, 0.6) is 0 Å². The van der Waals surface area contributed by atoms with Gasteiger partial charge in [0, 0.05) is 19.6 Å². The molecule has 0 aliphatic carbocycles. The number of amides is 3. The first kappa shape index (κ1) is 16.7. The smallest absolute Gasteiger partial charge is 0.333 e. The van der Waals surface area contributed by atoms with Gasteiger partial charge in [-0.1, -0.05) is 25.5 Å². The lowest BCUT2D eigenvalue weighted by Gasteiger charge is -2.27. The predicted molar refractivity (Wildman–Crippen MR) is 79.9 cm³/mol. The van der Waals surface area contributed by atoms with Gasteiger partial charge < -0.3 is 4.90 Å². The molecule has 0 aromatic rings. The molecule has 0 atom stereocenters. The summed E-state index contributed by atoms with van der Waals surface area (Å²) in [6, 6.07) is -0.544. The van der Waals surface area contributed by atoms with Gasteiger partial charge in [0.15, 0.2) is 5.94 Å². The van der Waals surface area contributed by atoms with Crippen LogP contribution >= 0.6 is 0 Å². The lowest BCUT2D eigenvalue weighted by molar-refractivity contribution is -0.128. The van der Waals surface area contributed by atoms with E-state index in [-0.39, 0.29) is 31.4 Å². The molecule has 114 valence electrons. The lowest BCUT2D eigenvalue weighted by atomic mass is 10.3. The third-order valence-electron chi connectivity index (χ3n) is 3.14. The Hall–Kier alpha value is -2.33. The van der Waals surface area contributed by atoms with Crippen molar-refractivity contribution in [1.82, 2.24) is 14.7 Å². The Morgan fingerprint density at radius 2 is 1.81 bits per heavy atom. The largest absolute Gasteiger partial charge is 0.339 e. The number of carbonyl (C=O) groups is 2. The van der Waals surface area contributed by atoms with Gasteiger partial charge in [0.2, 0.25) is 5.82 Å². The van der Waals surface area contributed by atoms with E-state index in [1.54, 1.807) is 10.8 Å². The van der Waals surface area contributed by atoms with Gasteiger partial charge in [0.05, 0.1) is 6.54 Å². The predicted octanol–water partition coefficient (Wildman–Crippen LogP) is 1.40. The van der Waals surface area contributed by atoms with Gasteiger partial charge in [0.25, 0.3) is 5.91 Å². The van der Waals surface area contributed by atoms with Gasteiger partial charge in [-0.25, -0.2) is 9.59 Å². The number of hydrogen-bond donors (Lipinski definition) is 0. The Bertz CT molecular complexity index is 481. The number of imide groups is 1. The van der Waals surface area contributed by atoms with Crippen molar-refractivity contribution in [3.8, 4) is 0 Å². The summed E-state index contributed by atoms with van der Waals surface area (Å²) >= 11 is 0. The molecular formula is C15H21N3O3. The normalized spacial score (nSPS) is 15.9. The van der Waals surface area contributed by atoms with Crippen LogP contribution < -0.4 is 0 Å². The summed E-state index contributed by atoms with van der Waals surface area (Å²) < 4.78 is 0. The van der Waals surface area contributed by atoms with Crippen LogP contribution in [0.2, 0.25) is 0 Å². The zero-order valence-corrected chi connectivity index (χ0v) is 12.4. The number of rotatable bonds is 7. The van der Waals surface area contributed by atoms with Crippen LogP contribution in [0.25, 0.3) is 0 Å². The molecule has 0 N–H and O–H groups in total. The van der Waals surface area contributed by atoms with E-state index >= 15 is 0 Å². The average molecular weight is 291 g/mol. The Kier molecular flexibility index (Phi) is 6.43. The number of carbonyl (C=O) groups excluding carboxylic acids is 3. The molecule has 6 heteroatoms. The number of unbranched alkanes of at least 4 members (excludes halogenated alkanes) is 1. The number of hydrogen-bond acceptors (Lipinski definition) is 4. The second-order valence-electron chi connectivity index (χ2n) is 4.68. The first-order valence-electron chi connectivity index (χ1n) is 6.94. The highest BCUT2D eigenvalue weighted by Crippen LogP contribution is 2.17. The topological polar surface area (TPSA) is 60.9 Å². The molecule has 0 aromatic carbocycles. The van der Waals surface area contributed by atoms with Gasteiger partial charge in [-0.2, -0.15) is 0 Å². The molecule has 1 fully saturated rings. The molecule has 0 spiro atoms. The molecule has 1 rings (SSSR count). The third-order valence-corrected chi connectivity index (χ3v) is 3.14.